The van der Waals surface area contributed by atoms with E-state index in [2.05, 4.69) is 5.32 Å². The van der Waals surface area contributed by atoms with Crippen LogP contribution in [0.2, 0.25) is 0 Å². The molecule has 7 heteroatoms. The van der Waals surface area contributed by atoms with Crippen LogP contribution in [0, 0.1) is 0 Å². The molecule has 0 unspecified atom stereocenters. The predicted octanol–water partition coefficient (Wildman–Crippen LogP) is 1.49. The van der Waals surface area contributed by atoms with E-state index < -0.39 is 6.03 Å². The molecule has 2 aromatic carbocycles. The van der Waals surface area contributed by atoms with Crippen LogP contribution < -0.4 is 11.1 Å². The number of carbonyl (C=O) groups excluding carboxylic acids is 3. The van der Waals surface area contributed by atoms with Crippen molar-refractivity contribution in [1.82, 2.24) is 9.80 Å². The number of primary amides is 1. The molecule has 0 atom stereocenters. The van der Waals surface area contributed by atoms with Gasteiger partial charge in [-0.05, 0) is 37.7 Å². The Kier molecular flexibility index (Phi) is 3.94. The summed E-state index contributed by atoms with van der Waals surface area (Å²) >= 11 is 0. The number of carbonyl (C=O) groups is 3. The van der Waals surface area contributed by atoms with Crippen molar-refractivity contribution < 1.29 is 14.4 Å². The van der Waals surface area contributed by atoms with E-state index in [4.69, 9.17) is 5.73 Å². The maximum Gasteiger partial charge on any atom is 0.316 e. The monoisotopic (exact) mass is 326 g/mol. The van der Waals surface area contributed by atoms with E-state index in [0.717, 1.165) is 0 Å². The van der Waals surface area contributed by atoms with Gasteiger partial charge in [0.2, 0.25) is 0 Å². The smallest absolute Gasteiger partial charge is 0.316 e. The molecule has 3 N–H and O–H groups in total. The van der Waals surface area contributed by atoms with Gasteiger partial charge in [-0.1, -0.05) is 12.1 Å². The summed E-state index contributed by atoms with van der Waals surface area (Å²) in [4.78, 5) is 39.8. The first-order chi connectivity index (χ1) is 11.4. The van der Waals surface area contributed by atoms with Crippen LogP contribution in [0.15, 0.2) is 30.3 Å². The number of rotatable bonds is 4. The van der Waals surface area contributed by atoms with E-state index in [1.807, 2.05) is 19.0 Å². The summed E-state index contributed by atoms with van der Waals surface area (Å²) < 4.78 is 0. The van der Waals surface area contributed by atoms with Crippen molar-refractivity contribution in [3.63, 3.8) is 0 Å². The van der Waals surface area contributed by atoms with Crippen LogP contribution >= 0.6 is 0 Å². The lowest BCUT2D eigenvalue weighted by atomic mass is 9.93. The lowest BCUT2D eigenvalue weighted by Gasteiger charge is -2.28. The number of anilines is 1. The highest BCUT2D eigenvalue weighted by Gasteiger charge is 2.32. The molecule has 0 radical (unpaired) electrons. The van der Waals surface area contributed by atoms with Gasteiger partial charge in [0.1, 0.15) is 0 Å². The first-order valence-electron chi connectivity index (χ1n) is 7.52. The molecule has 2 aromatic rings. The van der Waals surface area contributed by atoms with Gasteiger partial charge in [-0.2, -0.15) is 0 Å². The molecule has 0 aromatic heterocycles. The fraction of sp³-hybridized carbons (Fsp3) is 0.235. The van der Waals surface area contributed by atoms with Crippen LogP contribution in [0.5, 0.6) is 0 Å². The molecule has 1 aliphatic heterocycles. The number of nitrogens with two attached hydrogens (primary N) is 1. The fourth-order valence-corrected chi connectivity index (χ4v) is 2.88. The average Bonchev–Trinajstić information content (AvgIpc) is 2.51. The SMILES string of the molecule is CN(C)CCN1C(=O)c2cccc3cc(NC(N)=O)cc(c23)C1=O. The van der Waals surface area contributed by atoms with Crippen LogP contribution in [0.3, 0.4) is 0 Å². The molecule has 0 aliphatic carbocycles. The number of imide groups is 1. The molecule has 0 saturated carbocycles. The molecule has 124 valence electrons. The highest BCUT2D eigenvalue weighted by molar-refractivity contribution is 6.26. The summed E-state index contributed by atoms with van der Waals surface area (Å²) in [6, 6.07) is 7.82. The molecule has 0 spiro atoms. The average molecular weight is 326 g/mol. The zero-order chi connectivity index (χ0) is 17.4. The summed E-state index contributed by atoms with van der Waals surface area (Å²) in [6.07, 6.45) is 0. The summed E-state index contributed by atoms with van der Waals surface area (Å²) in [7, 11) is 3.75. The van der Waals surface area contributed by atoms with Gasteiger partial charge in [0.15, 0.2) is 0 Å². The van der Waals surface area contributed by atoms with Gasteiger partial charge >= 0.3 is 6.03 Å². The van der Waals surface area contributed by atoms with Crippen molar-refractivity contribution in [2.75, 3.05) is 32.5 Å². The maximum absolute atomic E-state index is 12.8. The standard InChI is InChI=1S/C17H18N4O3/c1-20(2)6-7-21-15(22)12-5-3-4-10-8-11(19-17(18)24)9-13(14(10)12)16(21)23/h3-5,8-9H,6-7H2,1-2H3,(H3,18,19,24). The van der Waals surface area contributed by atoms with Crippen LogP contribution in [0.1, 0.15) is 20.7 Å². The molecule has 0 fully saturated rings. The minimum atomic E-state index is -0.707. The number of hydrogen-bond donors (Lipinski definition) is 2. The first kappa shape index (κ1) is 15.9. The van der Waals surface area contributed by atoms with E-state index in [1.165, 1.54) is 4.90 Å². The second-order valence-electron chi connectivity index (χ2n) is 5.98. The number of nitrogens with zero attached hydrogens (tertiary/aromatic N) is 2. The molecular formula is C17H18N4O3. The van der Waals surface area contributed by atoms with Gasteiger partial charge in [-0.3, -0.25) is 14.5 Å². The number of hydrogen-bond acceptors (Lipinski definition) is 4. The van der Waals surface area contributed by atoms with Gasteiger partial charge in [0.05, 0.1) is 5.56 Å². The molecule has 1 heterocycles. The molecule has 4 amide bonds. The second kappa shape index (κ2) is 5.93. The minimum Gasteiger partial charge on any atom is -0.351 e. The lowest BCUT2D eigenvalue weighted by molar-refractivity contribution is 0.0601. The molecule has 7 nitrogen and oxygen atoms in total. The van der Waals surface area contributed by atoms with E-state index in [9.17, 15) is 14.4 Å². The first-order valence-corrected chi connectivity index (χ1v) is 7.52. The van der Waals surface area contributed by atoms with Gasteiger partial charge in [0, 0.05) is 29.7 Å². The molecular weight excluding hydrogens is 308 g/mol. The van der Waals surface area contributed by atoms with Gasteiger partial charge in [0.25, 0.3) is 11.8 Å². The van der Waals surface area contributed by atoms with Crippen LogP contribution in [-0.2, 0) is 0 Å². The molecule has 0 saturated heterocycles. The lowest BCUT2D eigenvalue weighted by Crippen LogP contribution is -2.43. The van der Waals surface area contributed by atoms with E-state index in [0.29, 0.717) is 40.7 Å². The predicted molar refractivity (Wildman–Crippen MR) is 91.1 cm³/mol. The molecule has 0 bridgehead atoms. The third-order valence-corrected chi connectivity index (χ3v) is 3.97. The van der Waals surface area contributed by atoms with Crippen molar-refractivity contribution >= 4 is 34.3 Å². The zero-order valence-electron chi connectivity index (χ0n) is 13.5. The Bertz CT molecular complexity index is 860. The number of amides is 4. The Hall–Kier alpha value is -2.93. The van der Waals surface area contributed by atoms with E-state index >= 15 is 0 Å². The fourth-order valence-electron chi connectivity index (χ4n) is 2.88. The van der Waals surface area contributed by atoms with Crippen molar-refractivity contribution in [3.05, 3.63) is 41.5 Å². The highest BCUT2D eigenvalue weighted by atomic mass is 16.2. The normalized spacial score (nSPS) is 13.7. The topological polar surface area (TPSA) is 95.7 Å². The molecule has 1 aliphatic rings. The van der Waals surface area contributed by atoms with E-state index in [1.54, 1.807) is 30.3 Å². The van der Waals surface area contributed by atoms with Crippen molar-refractivity contribution in [2.45, 2.75) is 0 Å². The van der Waals surface area contributed by atoms with E-state index in [-0.39, 0.29) is 11.8 Å². The van der Waals surface area contributed by atoms with Crippen molar-refractivity contribution in [3.8, 4) is 0 Å². The highest BCUT2D eigenvalue weighted by Crippen LogP contribution is 2.32. The third-order valence-electron chi connectivity index (χ3n) is 3.97. The summed E-state index contributed by atoms with van der Waals surface area (Å²) in [5, 5.41) is 3.81. The second-order valence-corrected chi connectivity index (χ2v) is 5.98. The van der Waals surface area contributed by atoms with Crippen molar-refractivity contribution in [2.24, 2.45) is 5.73 Å². The molecule has 24 heavy (non-hydrogen) atoms. The van der Waals surface area contributed by atoms with Gasteiger partial charge < -0.3 is 16.0 Å². The summed E-state index contributed by atoms with van der Waals surface area (Å²) in [5.74, 6) is -0.658. The Balaban J connectivity index is 2.13. The van der Waals surface area contributed by atoms with Gasteiger partial charge in [-0.15, -0.1) is 0 Å². The molecule has 3 rings (SSSR count). The maximum atomic E-state index is 12.8. The zero-order valence-corrected chi connectivity index (χ0v) is 13.5. The number of urea groups is 1. The quantitative estimate of drug-likeness (QED) is 0.832. The number of likely N-dealkylation sites (N-methyl/N-ethyl adjacent to an activating group) is 1. The minimum absolute atomic E-state index is 0.296. The van der Waals surface area contributed by atoms with Crippen LogP contribution in [0.4, 0.5) is 10.5 Å². The largest absolute Gasteiger partial charge is 0.351 e. The Labute approximate surface area is 139 Å². The van der Waals surface area contributed by atoms with Crippen molar-refractivity contribution in [1.29, 1.82) is 0 Å². The summed E-state index contributed by atoms with van der Waals surface area (Å²) in [6.45, 7) is 0.871. The third kappa shape index (κ3) is 2.69. The van der Waals surface area contributed by atoms with Gasteiger partial charge in [-0.25, -0.2) is 4.79 Å². The Morgan fingerprint density at radius 3 is 2.54 bits per heavy atom. The number of nitrogens with one attached hydrogen (secondary N) is 1. The Morgan fingerprint density at radius 1 is 1.17 bits per heavy atom. The Morgan fingerprint density at radius 2 is 1.88 bits per heavy atom. The van der Waals surface area contributed by atoms with Crippen LogP contribution in [-0.4, -0.2) is 54.8 Å². The number of benzene rings is 2. The van der Waals surface area contributed by atoms with Crippen LogP contribution in [0.25, 0.3) is 10.8 Å². The summed E-state index contributed by atoms with van der Waals surface area (Å²) in [5.41, 5.74) is 6.48.